The number of ether oxygens (including phenoxy) is 3. The van der Waals surface area contributed by atoms with Gasteiger partial charge in [0.05, 0.1) is 19.3 Å². The van der Waals surface area contributed by atoms with Gasteiger partial charge < -0.3 is 19.5 Å². The van der Waals surface area contributed by atoms with Gasteiger partial charge in [0.2, 0.25) is 0 Å². The summed E-state index contributed by atoms with van der Waals surface area (Å²) < 4.78 is 16.3. The molecule has 0 saturated heterocycles. The van der Waals surface area contributed by atoms with Crippen molar-refractivity contribution in [3.63, 3.8) is 0 Å². The van der Waals surface area contributed by atoms with Crippen LogP contribution in [-0.2, 0) is 9.53 Å². The summed E-state index contributed by atoms with van der Waals surface area (Å²) in [7, 11) is 1.51. The normalized spacial score (nSPS) is 11.5. The fraction of sp³-hybridized carbons (Fsp3) is 0.391. The van der Waals surface area contributed by atoms with E-state index in [0.29, 0.717) is 23.8 Å². The summed E-state index contributed by atoms with van der Waals surface area (Å²) in [5, 5.41) is 2.79. The SMILES string of the molecule is CCCCOc1ccc(C(=O)OC(C)C(=O)Nc2ccc(C)cc2C)cc1OC. The van der Waals surface area contributed by atoms with Crippen molar-refractivity contribution in [3.8, 4) is 11.5 Å². The first-order valence-electron chi connectivity index (χ1n) is 9.75. The average molecular weight is 399 g/mol. The largest absolute Gasteiger partial charge is 0.493 e. The summed E-state index contributed by atoms with van der Waals surface area (Å²) in [6.07, 6.45) is 1.00. The molecular weight excluding hydrogens is 370 g/mol. The Bertz CT molecular complexity index is 862. The lowest BCUT2D eigenvalue weighted by molar-refractivity contribution is -0.123. The lowest BCUT2D eigenvalue weighted by atomic mass is 10.1. The fourth-order valence-corrected chi connectivity index (χ4v) is 2.71. The van der Waals surface area contributed by atoms with Crippen LogP contribution in [0, 0.1) is 13.8 Å². The van der Waals surface area contributed by atoms with E-state index >= 15 is 0 Å². The van der Waals surface area contributed by atoms with Crippen LogP contribution in [0.15, 0.2) is 36.4 Å². The smallest absolute Gasteiger partial charge is 0.339 e. The zero-order chi connectivity index (χ0) is 21.4. The number of rotatable bonds is 9. The predicted molar refractivity (Wildman–Crippen MR) is 113 cm³/mol. The number of benzene rings is 2. The minimum absolute atomic E-state index is 0.288. The van der Waals surface area contributed by atoms with Gasteiger partial charge in [-0.1, -0.05) is 31.0 Å². The minimum Gasteiger partial charge on any atom is -0.493 e. The van der Waals surface area contributed by atoms with Gasteiger partial charge in [-0.25, -0.2) is 4.79 Å². The standard InChI is InChI=1S/C23H29NO5/c1-6-7-12-28-20-11-9-18(14-21(20)27-5)23(26)29-17(4)22(25)24-19-10-8-15(2)13-16(19)3/h8-11,13-14,17H,6-7,12H2,1-5H3,(H,24,25). The van der Waals surface area contributed by atoms with Crippen molar-refractivity contribution in [3.05, 3.63) is 53.1 Å². The number of carbonyl (C=O) groups is 2. The van der Waals surface area contributed by atoms with Crippen molar-refractivity contribution in [1.29, 1.82) is 0 Å². The molecule has 0 spiro atoms. The van der Waals surface area contributed by atoms with Gasteiger partial charge in [0.15, 0.2) is 17.6 Å². The monoisotopic (exact) mass is 399 g/mol. The predicted octanol–water partition coefficient (Wildman–Crippen LogP) is 4.67. The number of unbranched alkanes of at least 4 members (excludes halogenated alkanes) is 1. The first kappa shape index (κ1) is 22.3. The van der Waals surface area contributed by atoms with Gasteiger partial charge in [-0.2, -0.15) is 0 Å². The highest BCUT2D eigenvalue weighted by molar-refractivity contribution is 5.98. The second kappa shape index (κ2) is 10.5. The van der Waals surface area contributed by atoms with Crippen LogP contribution in [0.4, 0.5) is 5.69 Å². The molecule has 0 fully saturated rings. The molecule has 6 nitrogen and oxygen atoms in total. The fourth-order valence-electron chi connectivity index (χ4n) is 2.71. The van der Waals surface area contributed by atoms with Gasteiger partial charge in [0, 0.05) is 5.69 Å². The average Bonchev–Trinajstić information content (AvgIpc) is 2.70. The van der Waals surface area contributed by atoms with E-state index in [1.807, 2.05) is 32.0 Å². The highest BCUT2D eigenvalue weighted by Crippen LogP contribution is 2.28. The number of anilines is 1. The van der Waals surface area contributed by atoms with Crippen molar-refractivity contribution >= 4 is 17.6 Å². The molecule has 2 aromatic carbocycles. The van der Waals surface area contributed by atoms with Gasteiger partial charge in [-0.3, -0.25) is 4.79 Å². The molecule has 2 aromatic rings. The molecule has 156 valence electrons. The second-order valence-electron chi connectivity index (χ2n) is 6.92. The molecule has 1 N–H and O–H groups in total. The van der Waals surface area contributed by atoms with Gasteiger partial charge in [-0.05, 0) is 57.0 Å². The summed E-state index contributed by atoms with van der Waals surface area (Å²) in [6.45, 7) is 8.09. The zero-order valence-corrected chi connectivity index (χ0v) is 17.7. The number of aryl methyl sites for hydroxylation is 2. The second-order valence-corrected chi connectivity index (χ2v) is 6.92. The Hall–Kier alpha value is -3.02. The van der Waals surface area contributed by atoms with E-state index in [1.165, 1.54) is 14.0 Å². The molecule has 0 aliphatic rings. The number of hydrogen-bond acceptors (Lipinski definition) is 5. The Morgan fingerprint density at radius 3 is 2.48 bits per heavy atom. The molecule has 1 atom stereocenters. The quantitative estimate of drug-likeness (QED) is 0.490. The maximum atomic E-state index is 12.5. The van der Waals surface area contributed by atoms with Crippen LogP contribution in [0.1, 0.15) is 48.2 Å². The Balaban J connectivity index is 2.01. The zero-order valence-electron chi connectivity index (χ0n) is 17.7. The maximum absolute atomic E-state index is 12.5. The number of methoxy groups -OCH3 is 1. The maximum Gasteiger partial charge on any atom is 0.339 e. The third-order valence-corrected chi connectivity index (χ3v) is 4.45. The first-order chi connectivity index (χ1) is 13.8. The van der Waals surface area contributed by atoms with Crippen molar-refractivity contribution in [1.82, 2.24) is 0 Å². The molecule has 1 amide bonds. The minimum atomic E-state index is -0.949. The van der Waals surface area contributed by atoms with E-state index in [0.717, 1.165) is 24.0 Å². The van der Waals surface area contributed by atoms with E-state index in [4.69, 9.17) is 14.2 Å². The third kappa shape index (κ3) is 6.24. The number of carbonyl (C=O) groups excluding carboxylic acids is 2. The van der Waals surface area contributed by atoms with E-state index < -0.39 is 18.0 Å². The van der Waals surface area contributed by atoms with Crippen molar-refractivity contribution in [2.24, 2.45) is 0 Å². The Kier molecular flexibility index (Phi) is 8.07. The molecule has 29 heavy (non-hydrogen) atoms. The topological polar surface area (TPSA) is 73.9 Å². The Morgan fingerprint density at radius 2 is 1.83 bits per heavy atom. The summed E-state index contributed by atoms with van der Waals surface area (Å²) >= 11 is 0. The summed E-state index contributed by atoms with van der Waals surface area (Å²) in [5.74, 6) is 0.0181. The van der Waals surface area contributed by atoms with Crippen molar-refractivity contribution < 1.29 is 23.8 Å². The van der Waals surface area contributed by atoms with Crippen LogP contribution in [0.25, 0.3) is 0 Å². The van der Waals surface area contributed by atoms with Gasteiger partial charge >= 0.3 is 5.97 Å². The van der Waals surface area contributed by atoms with E-state index in [9.17, 15) is 9.59 Å². The molecule has 0 radical (unpaired) electrons. The molecule has 1 unspecified atom stereocenters. The highest BCUT2D eigenvalue weighted by atomic mass is 16.5. The van der Waals surface area contributed by atoms with Gasteiger partial charge in [-0.15, -0.1) is 0 Å². The van der Waals surface area contributed by atoms with Crippen LogP contribution in [0.3, 0.4) is 0 Å². The van der Waals surface area contributed by atoms with Crippen LogP contribution < -0.4 is 14.8 Å². The summed E-state index contributed by atoms with van der Waals surface area (Å²) in [4.78, 5) is 24.9. The van der Waals surface area contributed by atoms with Crippen LogP contribution in [0.5, 0.6) is 11.5 Å². The molecule has 0 heterocycles. The molecule has 0 aliphatic heterocycles. The third-order valence-electron chi connectivity index (χ3n) is 4.45. The number of esters is 1. The van der Waals surface area contributed by atoms with E-state index in [2.05, 4.69) is 12.2 Å². The van der Waals surface area contributed by atoms with Gasteiger partial charge in [0.1, 0.15) is 0 Å². The molecule has 6 heteroatoms. The summed E-state index contributed by atoms with van der Waals surface area (Å²) in [6, 6.07) is 10.5. The molecule has 0 saturated carbocycles. The van der Waals surface area contributed by atoms with Crippen LogP contribution >= 0.6 is 0 Å². The number of hydrogen-bond donors (Lipinski definition) is 1. The van der Waals surface area contributed by atoms with E-state index in [1.54, 1.807) is 18.2 Å². The molecular formula is C23H29NO5. The lowest BCUT2D eigenvalue weighted by Crippen LogP contribution is -2.30. The molecule has 0 aromatic heterocycles. The van der Waals surface area contributed by atoms with Gasteiger partial charge in [0.25, 0.3) is 5.91 Å². The van der Waals surface area contributed by atoms with Crippen molar-refractivity contribution in [2.75, 3.05) is 19.0 Å². The molecule has 0 bridgehead atoms. The van der Waals surface area contributed by atoms with Crippen molar-refractivity contribution in [2.45, 2.75) is 46.6 Å². The molecule has 0 aliphatic carbocycles. The summed E-state index contributed by atoms with van der Waals surface area (Å²) in [5.41, 5.74) is 3.03. The number of amides is 1. The highest BCUT2D eigenvalue weighted by Gasteiger charge is 2.20. The Morgan fingerprint density at radius 1 is 1.07 bits per heavy atom. The molecule has 2 rings (SSSR count). The van der Waals surface area contributed by atoms with Crippen LogP contribution in [-0.4, -0.2) is 31.7 Å². The van der Waals surface area contributed by atoms with E-state index in [-0.39, 0.29) is 5.56 Å². The van der Waals surface area contributed by atoms with Crippen LogP contribution in [0.2, 0.25) is 0 Å². The lowest BCUT2D eigenvalue weighted by Gasteiger charge is -2.16. The Labute approximate surface area is 172 Å². The first-order valence-corrected chi connectivity index (χ1v) is 9.75. The number of nitrogens with one attached hydrogen (secondary N) is 1.